The minimum Gasteiger partial charge on any atom is -0.325 e. The Kier molecular flexibility index (Phi) is 5.22. The third-order valence-electron chi connectivity index (χ3n) is 4.57. The van der Waals surface area contributed by atoms with Crippen LogP contribution >= 0.6 is 11.8 Å². The van der Waals surface area contributed by atoms with E-state index in [-0.39, 0.29) is 17.4 Å². The Morgan fingerprint density at radius 1 is 1.24 bits per heavy atom. The molecule has 1 aliphatic heterocycles. The number of rotatable bonds is 4. The molecule has 1 aliphatic rings. The molecule has 0 saturated heterocycles. The molecule has 29 heavy (non-hydrogen) atoms. The Morgan fingerprint density at radius 2 is 2.07 bits per heavy atom. The number of aromatic nitrogens is 2. The van der Waals surface area contributed by atoms with Crippen LogP contribution in [0.3, 0.4) is 0 Å². The highest BCUT2D eigenvalue weighted by atomic mass is 32.2. The third kappa shape index (κ3) is 3.81. The summed E-state index contributed by atoms with van der Waals surface area (Å²) < 4.78 is 1.45. The summed E-state index contributed by atoms with van der Waals surface area (Å²) >= 11 is 1.57. The molecule has 0 fully saturated rings. The van der Waals surface area contributed by atoms with Gasteiger partial charge in [0.2, 0.25) is 11.9 Å². The Labute approximate surface area is 170 Å². The van der Waals surface area contributed by atoms with Gasteiger partial charge in [-0.25, -0.2) is 4.98 Å². The maximum atomic E-state index is 12.6. The van der Waals surface area contributed by atoms with Crippen LogP contribution in [0, 0.1) is 0 Å². The summed E-state index contributed by atoms with van der Waals surface area (Å²) in [6, 6.07) is 12.2. The zero-order valence-electron chi connectivity index (χ0n) is 15.7. The van der Waals surface area contributed by atoms with Gasteiger partial charge >= 0.3 is 0 Å². The molecule has 2 heterocycles. The van der Waals surface area contributed by atoms with Gasteiger partial charge < -0.3 is 5.32 Å². The van der Waals surface area contributed by atoms with Gasteiger partial charge in [-0.3, -0.25) is 29.8 Å². The maximum Gasteiger partial charge on any atom is 0.269 e. The number of nitrogens with zero attached hydrogens (tertiary/aromatic N) is 2. The van der Waals surface area contributed by atoms with E-state index in [9.17, 15) is 14.4 Å². The van der Waals surface area contributed by atoms with Gasteiger partial charge in [0.15, 0.2) is 0 Å². The predicted molar refractivity (Wildman–Crippen MR) is 113 cm³/mol. The van der Waals surface area contributed by atoms with Gasteiger partial charge in [0.05, 0.1) is 16.6 Å². The van der Waals surface area contributed by atoms with Gasteiger partial charge in [0.1, 0.15) is 0 Å². The smallest absolute Gasteiger partial charge is 0.269 e. The van der Waals surface area contributed by atoms with Crippen molar-refractivity contribution in [1.29, 1.82) is 0 Å². The van der Waals surface area contributed by atoms with Crippen molar-refractivity contribution >= 4 is 46.1 Å². The largest absolute Gasteiger partial charge is 0.325 e. The number of hydrogen-bond donors (Lipinski definition) is 3. The highest BCUT2D eigenvalue weighted by Crippen LogP contribution is 2.31. The molecule has 148 valence electrons. The molecule has 0 atom stereocenters. The fourth-order valence-electron chi connectivity index (χ4n) is 3.10. The molecule has 0 unspecified atom stereocenters. The van der Waals surface area contributed by atoms with Crippen molar-refractivity contribution in [2.75, 3.05) is 16.5 Å². The summed E-state index contributed by atoms with van der Waals surface area (Å²) in [7, 11) is 0. The number of benzene rings is 2. The molecule has 1 aromatic heterocycles. The number of fused-ring (bicyclic) bond motifs is 2. The number of nitrogens with one attached hydrogen (secondary N) is 3. The summed E-state index contributed by atoms with van der Waals surface area (Å²) in [6.07, 6.45) is 0.435. The van der Waals surface area contributed by atoms with E-state index < -0.39 is 5.91 Å². The zero-order chi connectivity index (χ0) is 20.4. The van der Waals surface area contributed by atoms with Gasteiger partial charge in [-0.05, 0) is 37.3 Å². The number of anilines is 2. The van der Waals surface area contributed by atoms with Crippen LogP contribution in [0.25, 0.3) is 10.9 Å². The van der Waals surface area contributed by atoms with E-state index in [1.807, 2.05) is 13.0 Å². The molecule has 0 aliphatic carbocycles. The fourth-order valence-corrected chi connectivity index (χ4v) is 4.04. The van der Waals surface area contributed by atoms with E-state index in [1.54, 1.807) is 48.2 Å². The maximum absolute atomic E-state index is 12.6. The lowest BCUT2D eigenvalue weighted by Gasteiger charge is -2.14. The molecule has 0 radical (unpaired) electrons. The molecular formula is C20H19N5O3S. The number of hydrazine groups is 1. The number of carbonyl (C=O) groups excluding carboxylic acids is 2. The van der Waals surface area contributed by atoms with Crippen LogP contribution in [0.15, 0.2) is 52.2 Å². The van der Waals surface area contributed by atoms with Crippen LogP contribution in [0.1, 0.15) is 23.7 Å². The van der Waals surface area contributed by atoms with Crippen molar-refractivity contribution in [2.45, 2.75) is 24.8 Å². The SMILES string of the molecule is CCn1c(NNC(=O)c2ccc3c(c2)NC(=O)CCS3)nc2ccccc2c1=O. The van der Waals surface area contributed by atoms with Crippen molar-refractivity contribution in [3.8, 4) is 0 Å². The monoisotopic (exact) mass is 409 g/mol. The molecule has 8 nitrogen and oxygen atoms in total. The first-order chi connectivity index (χ1) is 14.1. The number of hydrogen-bond acceptors (Lipinski definition) is 6. The fraction of sp³-hybridized carbons (Fsp3) is 0.200. The number of para-hydroxylation sites is 1. The minimum atomic E-state index is -0.402. The van der Waals surface area contributed by atoms with Gasteiger partial charge in [-0.15, -0.1) is 11.8 Å². The Hall–Kier alpha value is -3.33. The second kappa shape index (κ2) is 7.96. The Morgan fingerprint density at radius 3 is 2.90 bits per heavy atom. The first-order valence-corrected chi connectivity index (χ1v) is 10.2. The van der Waals surface area contributed by atoms with Crippen molar-refractivity contribution < 1.29 is 9.59 Å². The number of amides is 2. The molecule has 0 saturated carbocycles. The predicted octanol–water partition coefficient (Wildman–Crippen LogP) is 2.61. The van der Waals surface area contributed by atoms with Crippen LogP contribution in [0.2, 0.25) is 0 Å². The average molecular weight is 409 g/mol. The first-order valence-electron chi connectivity index (χ1n) is 9.19. The summed E-state index contributed by atoms with van der Waals surface area (Å²) in [4.78, 5) is 42.4. The number of carbonyl (C=O) groups is 2. The van der Waals surface area contributed by atoms with Crippen molar-refractivity contribution in [3.05, 3.63) is 58.4 Å². The highest BCUT2D eigenvalue weighted by Gasteiger charge is 2.16. The quantitative estimate of drug-likeness (QED) is 0.572. The lowest BCUT2D eigenvalue weighted by molar-refractivity contribution is -0.115. The summed E-state index contributed by atoms with van der Waals surface area (Å²) in [5.74, 6) is 0.484. The van der Waals surface area contributed by atoms with Crippen molar-refractivity contribution in [1.82, 2.24) is 15.0 Å². The molecule has 3 N–H and O–H groups in total. The van der Waals surface area contributed by atoms with Crippen LogP contribution in [-0.4, -0.2) is 27.1 Å². The molecule has 0 bridgehead atoms. The first kappa shape index (κ1) is 19.0. The van der Waals surface area contributed by atoms with Gasteiger partial charge in [0.25, 0.3) is 11.5 Å². The molecule has 3 aromatic rings. The molecule has 0 spiro atoms. The van der Waals surface area contributed by atoms with Crippen molar-refractivity contribution in [2.24, 2.45) is 0 Å². The minimum absolute atomic E-state index is 0.0701. The van der Waals surface area contributed by atoms with Crippen LogP contribution in [-0.2, 0) is 11.3 Å². The number of thioether (sulfide) groups is 1. The average Bonchev–Trinajstić information content (AvgIpc) is 2.92. The van der Waals surface area contributed by atoms with E-state index in [0.717, 1.165) is 4.90 Å². The van der Waals surface area contributed by atoms with Crippen molar-refractivity contribution in [3.63, 3.8) is 0 Å². The highest BCUT2D eigenvalue weighted by molar-refractivity contribution is 7.99. The molecule has 2 amide bonds. The van der Waals surface area contributed by atoms with Crippen LogP contribution in [0.5, 0.6) is 0 Å². The third-order valence-corrected chi connectivity index (χ3v) is 5.64. The second-order valence-electron chi connectivity index (χ2n) is 6.44. The van der Waals surface area contributed by atoms with E-state index >= 15 is 0 Å². The second-order valence-corrected chi connectivity index (χ2v) is 7.58. The lowest BCUT2D eigenvalue weighted by Crippen LogP contribution is -2.34. The standard InChI is InChI=1S/C20H19N5O3S/c1-2-25-19(28)13-5-3-4-6-14(13)22-20(25)24-23-18(27)12-7-8-16-15(11-12)21-17(26)9-10-29-16/h3-8,11H,2,9-10H2,1H3,(H,21,26)(H,22,24)(H,23,27). The van der Waals surface area contributed by atoms with E-state index in [0.29, 0.717) is 40.9 Å². The van der Waals surface area contributed by atoms with Crippen LogP contribution < -0.4 is 21.7 Å². The van der Waals surface area contributed by atoms with Gasteiger partial charge in [0, 0.05) is 29.2 Å². The Bertz CT molecular complexity index is 1170. The molecule has 9 heteroatoms. The van der Waals surface area contributed by atoms with Crippen LogP contribution in [0.4, 0.5) is 11.6 Å². The molecular weight excluding hydrogens is 390 g/mol. The van der Waals surface area contributed by atoms with E-state index in [2.05, 4.69) is 21.2 Å². The Balaban J connectivity index is 1.57. The summed E-state index contributed by atoms with van der Waals surface area (Å²) in [6.45, 7) is 2.23. The topological polar surface area (TPSA) is 105 Å². The molecule has 4 rings (SSSR count). The lowest BCUT2D eigenvalue weighted by atomic mass is 10.2. The summed E-state index contributed by atoms with van der Waals surface area (Å²) in [5.41, 5.74) is 6.71. The normalized spacial score (nSPS) is 13.3. The van der Waals surface area contributed by atoms with E-state index in [4.69, 9.17) is 0 Å². The van der Waals surface area contributed by atoms with Gasteiger partial charge in [-0.2, -0.15) is 0 Å². The summed E-state index contributed by atoms with van der Waals surface area (Å²) in [5, 5.41) is 3.34. The van der Waals surface area contributed by atoms with Gasteiger partial charge in [-0.1, -0.05) is 12.1 Å². The zero-order valence-corrected chi connectivity index (χ0v) is 16.5. The molecule has 2 aromatic carbocycles. The van der Waals surface area contributed by atoms with E-state index in [1.165, 1.54) is 4.57 Å².